The Labute approximate surface area is 112 Å². The Morgan fingerprint density at radius 2 is 1.95 bits per heavy atom. The van der Waals surface area contributed by atoms with Gasteiger partial charge < -0.3 is 9.84 Å². The first-order chi connectivity index (χ1) is 9.19. The summed E-state index contributed by atoms with van der Waals surface area (Å²) in [5.74, 6) is 0.742. The first kappa shape index (κ1) is 13.1. The second-order valence-electron chi connectivity index (χ2n) is 4.35. The van der Waals surface area contributed by atoms with Gasteiger partial charge in [0, 0.05) is 0 Å². The van der Waals surface area contributed by atoms with Crippen LogP contribution in [-0.2, 0) is 6.61 Å². The van der Waals surface area contributed by atoms with Crippen molar-refractivity contribution in [2.24, 2.45) is 0 Å². The number of aliphatic hydroxyl groups is 1. The second-order valence-corrected chi connectivity index (χ2v) is 4.35. The molecule has 0 aliphatic rings. The fourth-order valence-corrected chi connectivity index (χ4v) is 1.74. The highest BCUT2D eigenvalue weighted by atomic mass is 16.5. The maximum Gasteiger partial charge on any atom is 0.119 e. The number of nitrogens with zero attached hydrogens (tertiary/aromatic N) is 1. The van der Waals surface area contributed by atoms with Gasteiger partial charge in [-0.05, 0) is 42.3 Å². The van der Waals surface area contributed by atoms with Crippen molar-refractivity contribution in [2.45, 2.75) is 19.6 Å². The predicted octanol–water partition coefficient (Wildman–Crippen LogP) is 3.19. The molecule has 0 aliphatic carbocycles. The number of ether oxygens (including phenoxy) is 1. The fraction of sp³-hybridized carbons (Fsp3) is 0.188. The summed E-state index contributed by atoms with van der Waals surface area (Å²) in [5, 5.41) is 18.2. The van der Waals surface area contributed by atoms with Crippen LogP contribution in [0.1, 0.15) is 29.7 Å². The van der Waals surface area contributed by atoms with E-state index in [-0.39, 0.29) is 0 Å². The minimum absolute atomic E-state index is 0.420. The van der Waals surface area contributed by atoms with Gasteiger partial charge in [0.25, 0.3) is 0 Å². The predicted molar refractivity (Wildman–Crippen MR) is 72.6 cm³/mol. The van der Waals surface area contributed by atoms with Crippen molar-refractivity contribution in [3.05, 3.63) is 65.2 Å². The maximum absolute atomic E-state index is 9.41. The number of hydrogen-bond donors (Lipinski definition) is 1. The summed E-state index contributed by atoms with van der Waals surface area (Å²) in [6.45, 7) is 2.15. The third-order valence-corrected chi connectivity index (χ3v) is 2.82. The summed E-state index contributed by atoms with van der Waals surface area (Å²) in [4.78, 5) is 0. The molecular weight excluding hydrogens is 238 g/mol. The Balaban J connectivity index is 2.00. The lowest BCUT2D eigenvalue weighted by Crippen LogP contribution is -1.96. The Morgan fingerprint density at radius 3 is 2.58 bits per heavy atom. The fourth-order valence-electron chi connectivity index (χ4n) is 1.74. The van der Waals surface area contributed by atoms with Crippen LogP contribution in [0.2, 0.25) is 0 Å². The van der Waals surface area contributed by atoms with E-state index in [1.54, 1.807) is 13.0 Å². The number of aliphatic hydroxyl groups excluding tert-OH is 1. The van der Waals surface area contributed by atoms with Gasteiger partial charge in [-0.2, -0.15) is 5.26 Å². The molecule has 0 spiro atoms. The molecule has 0 saturated carbocycles. The van der Waals surface area contributed by atoms with Crippen LogP contribution in [0.4, 0.5) is 0 Å². The lowest BCUT2D eigenvalue weighted by molar-refractivity contribution is 0.199. The summed E-state index contributed by atoms with van der Waals surface area (Å²) < 4.78 is 5.64. The lowest BCUT2D eigenvalue weighted by atomic mass is 10.1. The first-order valence-corrected chi connectivity index (χ1v) is 6.09. The van der Waals surface area contributed by atoms with Gasteiger partial charge in [-0.1, -0.05) is 24.3 Å². The van der Waals surface area contributed by atoms with Crippen molar-refractivity contribution in [1.82, 2.24) is 0 Å². The summed E-state index contributed by atoms with van der Waals surface area (Å²) >= 11 is 0. The zero-order valence-corrected chi connectivity index (χ0v) is 10.7. The number of hydrogen-bond acceptors (Lipinski definition) is 3. The molecule has 0 radical (unpaired) electrons. The van der Waals surface area contributed by atoms with Crippen LogP contribution in [0.3, 0.4) is 0 Å². The molecule has 2 rings (SSSR count). The summed E-state index contributed by atoms with van der Waals surface area (Å²) in [6.07, 6.45) is -0.471. The second kappa shape index (κ2) is 6.03. The topological polar surface area (TPSA) is 53.2 Å². The largest absolute Gasteiger partial charge is 0.489 e. The van der Waals surface area contributed by atoms with Gasteiger partial charge in [0.05, 0.1) is 17.7 Å². The van der Waals surface area contributed by atoms with Crippen LogP contribution in [0.15, 0.2) is 48.5 Å². The van der Waals surface area contributed by atoms with Crippen LogP contribution in [-0.4, -0.2) is 5.11 Å². The van der Waals surface area contributed by atoms with Gasteiger partial charge in [-0.15, -0.1) is 0 Å². The average molecular weight is 253 g/mol. The van der Waals surface area contributed by atoms with Crippen LogP contribution < -0.4 is 4.74 Å². The molecule has 2 aromatic rings. The van der Waals surface area contributed by atoms with Crippen molar-refractivity contribution in [1.29, 1.82) is 5.26 Å². The van der Waals surface area contributed by atoms with Gasteiger partial charge in [0.1, 0.15) is 12.4 Å². The summed E-state index contributed by atoms with van der Waals surface area (Å²) in [5.41, 5.74) is 2.45. The molecule has 0 saturated heterocycles. The minimum atomic E-state index is -0.471. The van der Waals surface area contributed by atoms with E-state index < -0.39 is 6.10 Å². The van der Waals surface area contributed by atoms with E-state index in [2.05, 4.69) is 6.07 Å². The molecule has 3 heteroatoms. The monoisotopic (exact) mass is 253 g/mol. The Bertz CT molecular complexity index is 582. The van der Waals surface area contributed by atoms with E-state index in [0.29, 0.717) is 12.2 Å². The highest BCUT2D eigenvalue weighted by molar-refractivity contribution is 5.33. The molecule has 2 aromatic carbocycles. The van der Waals surface area contributed by atoms with E-state index in [9.17, 15) is 5.11 Å². The highest BCUT2D eigenvalue weighted by Crippen LogP contribution is 2.18. The average Bonchev–Trinajstić information content (AvgIpc) is 2.46. The molecule has 0 fully saturated rings. The van der Waals surface area contributed by atoms with Gasteiger partial charge >= 0.3 is 0 Å². The smallest absolute Gasteiger partial charge is 0.119 e. The molecule has 0 bridgehead atoms. The number of rotatable bonds is 4. The Hall–Kier alpha value is -2.31. The Morgan fingerprint density at radius 1 is 1.21 bits per heavy atom. The van der Waals surface area contributed by atoms with E-state index >= 15 is 0 Å². The maximum atomic E-state index is 9.41. The zero-order valence-electron chi connectivity index (χ0n) is 10.7. The summed E-state index contributed by atoms with van der Waals surface area (Å²) in [7, 11) is 0. The molecule has 0 aromatic heterocycles. The van der Waals surface area contributed by atoms with E-state index in [1.807, 2.05) is 42.5 Å². The third kappa shape index (κ3) is 3.57. The molecular formula is C16H15NO2. The van der Waals surface area contributed by atoms with Crippen molar-refractivity contribution in [3.63, 3.8) is 0 Å². The first-order valence-electron chi connectivity index (χ1n) is 6.09. The molecule has 1 N–H and O–H groups in total. The van der Waals surface area contributed by atoms with Crippen molar-refractivity contribution in [2.75, 3.05) is 0 Å². The van der Waals surface area contributed by atoms with E-state index in [1.165, 1.54) is 0 Å². The van der Waals surface area contributed by atoms with Crippen molar-refractivity contribution >= 4 is 0 Å². The Kier molecular flexibility index (Phi) is 4.17. The number of benzene rings is 2. The lowest BCUT2D eigenvalue weighted by Gasteiger charge is -2.08. The van der Waals surface area contributed by atoms with Crippen molar-refractivity contribution in [3.8, 4) is 11.8 Å². The highest BCUT2D eigenvalue weighted by Gasteiger charge is 2.01. The van der Waals surface area contributed by atoms with Crippen LogP contribution >= 0.6 is 0 Å². The molecule has 0 unspecified atom stereocenters. The standard InChI is InChI=1S/C16H15NO2/c1-12(18)15-5-7-16(8-6-15)19-11-14-4-2-3-13(9-14)10-17/h2-9,12,18H,11H2,1H3/t12-/m0/s1. The SMILES string of the molecule is C[C@H](O)c1ccc(OCc2cccc(C#N)c2)cc1. The molecule has 0 aliphatic heterocycles. The van der Waals surface area contributed by atoms with Crippen LogP contribution in [0, 0.1) is 11.3 Å². The minimum Gasteiger partial charge on any atom is -0.489 e. The molecule has 0 heterocycles. The summed E-state index contributed by atoms with van der Waals surface area (Å²) in [6, 6.07) is 16.8. The van der Waals surface area contributed by atoms with Gasteiger partial charge in [-0.3, -0.25) is 0 Å². The zero-order chi connectivity index (χ0) is 13.7. The number of nitriles is 1. The normalized spacial score (nSPS) is 11.6. The van der Waals surface area contributed by atoms with Crippen molar-refractivity contribution < 1.29 is 9.84 Å². The van der Waals surface area contributed by atoms with Crippen LogP contribution in [0.25, 0.3) is 0 Å². The third-order valence-electron chi connectivity index (χ3n) is 2.82. The molecule has 0 amide bonds. The van der Waals surface area contributed by atoms with Gasteiger partial charge in [0.2, 0.25) is 0 Å². The molecule has 3 nitrogen and oxygen atoms in total. The quantitative estimate of drug-likeness (QED) is 0.910. The van der Waals surface area contributed by atoms with E-state index in [0.717, 1.165) is 16.9 Å². The molecule has 96 valence electrons. The van der Waals surface area contributed by atoms with Crippen LogP contribution in [0.5, 0.6) is 5.75 Å². The molecule has 1 atom stereocenters. The van der Waals surface area contributed by atoms with E-state index in [4.69, 9.17) is 10.00 Å². The van der Waals surface area contributed by atoms with Gasteiger partial charge in [0.15, 0.2) is 0 Å². The molecule has 19 heavy (non-hydrogen) atoms. The van der Waals surface area contributed by atoms with Gasteiger partial charge in [-0.25, -0.2) is 0 Å².